The average molecular weight is 197 g/mol. The molecule has 76 valence electrons. The molecular formula is C10H12FNO2. The third-order valence-electron chi connectivity index (χ3n) is 2.04. The Morgan fingerprint density at radius 3 is 2.79 bits per heavy atom. The first kappa shape index (κ1) is 10.7. The van der Waals surface area contributed by atoms with Crippen molar-refractivity contribution in [3.8, 4) is 0 Å². The Bertz CT molecular complexity index is 328. The minimum Gasteiger partial charge on any atom is -0.481 e. The monoisotopic (exact) mass is 197 g/mol. The largest absolute Gasteiger partial charge is 0.481 e. The Balaban J connectivity index is 2.98. The van der Waals surface area contributed by atoms with E-state index in [1.54, 1.807) is 18.2 Å². The molecule has 0 aromatic heterocycles. The Morgan fingerprint density at radius 2 is 2.29 bits per heavy atom. The number of alkyl halides is 1. The summed E-state index contributed by atoms with van der Waals surface area (Å²) >= 11 is 0. The Morgan fingerprint density at radius 1 is 1.57 bits per heavy atom. The van der Waals surface area contributed by atoms with Crippen LogP contribution < -0.4 is 5.73 Å². The third kappa shape index (κ3) is 2.29. The van der Waals surface area contributed by atoms with Crippen molar-refractivity contribution in [1.29, 1.82) is 0 Å². The van der Waals surface area contributed by atoms with Crippen LogP contribution in [0.25, 0.3) is 0 Å². The zero-order chi connectivity index (χ0) is 10.6. The van der Waals surface area contributed by atoms with Gasteiger partial charge in [-0.15, -0.1) is 0 Å². The first-order valence-corrected chi connectivity index (χ1v) is 4.26. The van der Waals surface area contributed by atoms with Crippen LogP contribution in [0.15, 0.2) is 24.3 Å². The standard InChI is InChI=1S/C10H12FNO2/c11-5-7-2-1-3-8(4-7)9(6-12)10(13)14/h1-4,9H,5-6,12H2,(H,13,14). The lowest BCUT2D eigenvalue weighted by atomic mass is 9.98. The summed E-state index contributed by atoms with van der Waals surface area (Å²) < 4.78 is 12.3. The number of nitrogens with two attached hydrogens (primary N) is 1. The van der Waals surface area contributed by atoms with E-state index in [1.807, 2.05) is 0 Å². The molecule has 14 heavy (non-hydrogen) atoms. The number of halogens is 1. The van der Waals surface area contributed by atoms with Gasteiger partial charge in [-0.05, 0) is 11.1 Å². The smallest absolute Gasteiger partial charge is 0.312 e. The topological polar surface area (TPSA) is 63.3 Å². The lowest BCUT2D eigenvalue weighted by Crippen LogP contribution is -2.21. The minimum absolute atomic E-state index is 0.0189. The summed E-state index contributed by atoms with van der Waals surface area (Å²) in [6.07, 6.45) is 0. The maximum absolute atomic E-state index is 12.3. The fraction of sp³-hybridized carbons (Fsp3) is 0.300. The summed E-state index contributed by atoms with van der Waals surface area (Å²) in [7, 11) is 0. The second-order valence-electron chi connectivity index (χ2n) is 3.01. The van der Waals surface area contributed by atoms with Crippen LogP contribution in [0.2, 0.25) is 0 Å². The highest BCUT2D eigenvalue weighted by molar-refractivity contribution is 5.76. The molecule has 3 N–H and O–H groups in total. The number of carboxylic acid groups (broad SMARTS) is 1. The lowest BCUT2D eigenvalue weighted by molar-refractivity contribution is -0.138. The molecule has 0 heterocycles. The number of carboxylic acids is 1. The van der Waals surface area contributed by atoms with E-state index < -0.39 is 18.6 Å². The van der Waals surface area contributed by atoms with Gasteiger partial charge in [-0.25, -0.2) is 4.39 Å². The van der Waals surface area contributed by atoms with E-state index in [0.29, 0.717) is 11.1 Å². The summed E-state index contributed by atoms with van der Waals surface area (Å²) in [6, 6.07) is 6.42. The molecule has 0 saturated carbocycles. The number of carbonyl (C=O) groups is 1. The van der Waals surface area contributed by atoms with Crippen molar-refractivity contribution in [3.63, 3.8) is 0 Å². The van der Waals surface area contributed by atoms with Gasteiger partial charge in [0.05, 0.1) is 5.92 Å². The van der Waals surface area contributed by atoms with Crippen LogP contribution in [0.3, 0.4) is 0 Å². The second-order valence-corrected chi connectivity index (χ2v) is 3.01. The highest BCUT2D eigenvalue weighted by Gasteiger charge is 2.17. The molecule has 0 fully saturated rings. The van der Waals surface area contributed by atoms with Crippen molar-refractivity contribution < 1.29 is 14.3 Å². The van der Waals surface area contributed by atoms with Gasteiger partial charge in [0, 0.05) is 6.54 Å². The van der Waals surface area contributed by atoms with Crippen LogP contribution in [0.5, 0.6) is 0 Å². The van der Waals surface area contributed by atoms with E-state index >= 15 is 0 Å². The zero-order valence-corrected chi connectivity index (χ0v) is 7.61. The number of hydrogen-bond donors (Lipinski definition) is 2. The van der Waals surface area contributed by atoms with E-state index in [9.17, 15) is 9.18 Å². The van der Waals surface area contributed by atoms with Crippen LogP contribution >= 0.6 is 0 Å². The third-order valence-corrected chi connectivity index (χ3v) is 2.04. The number of rotatable bonds is 4. The van der Waals surface area contributed by atoms with Crippen LogP contribution in [-0.2, 0) is 11.5 Å². The fourth-order valence-corrected chi connectivity index (χ4v) is 1.27. The molecule has 0 aliphatic carbocycles. The minimum atomic E-state index is -0.983. The van der Waals surface area contributed by atoms with Crippen molar-refractivity contribution in [1.82, 2.24) is 0 Å². The molecule has 1 unspecified atom stereocenters. The van der Waals surface area contributed by atoms with Crippen LogP contribution in [0, 0.1) is 0 Å². The van der Waals surface area contributed by atoms with Crippen molar-refractivity contribution >= 4 is 5.97 Å². The SMILES string of the molecule is NCC(C(=O)O)c1cccc(CF)c1. The Labute approximate surface area is 81.4 Å². The highest BCUT2D eigenvalue weighted by Crippen LogP contribution is 2.16. The molecule has 0 spiro atoms. The van der Waals surface area contributed by atoms with Crippen molar-refractivity contribution in [2.45, 2.75) is 12.6 Å². The molecule has 0 bridgehead atoms. The average Bonchev–Trinajstić information content (AvgIpc) is 2.19. The first-order valence-electron chi connectivity index (χ1n) is 4.26. The van der Waals surface area contributed by atoms with Gasteiger partial charge in [0.2, 0.25) is 0 Å². The summed E-state index contributed by atoms with van der Waals surface area (Å²) in [4.78, 5) is 10.8. The van der Waals surface area contributed by atoms with Crippen LogP contribution in [0.4, 0.5) is 4.39 Å². The van der Waals surface area contributed by atoms with Gasteiger partial charge in [-0.2, -0.15) is 0 Å². The predicted octanol–water partition coefficient (Wildman–Crippen LogP) is 1.28. The predicted molar refractivity (Wildman–Crippen MR) is 50.7 cm³/mol. The van der Waals surface area contributed by atoms with Crippen molar-refractivity contribution in [2.24, 2.45) is 5.73 Å². The molecule has 1 aromatic carbocycles. The summed E-state index contributed by atoms with van der Waals surface area (Å²) in [5.41, 5.74) is 6.35. The summed E-state index contributed by atoms with van der Waals surface area (Å²) in [5, 5.41) is 8.82. The molecule has 0 radical (unpaired) electrons. The number of aliphatic carboxylic acids is 1. The summed E-state index contributed by atoms with van der Waals surface area (Å²) in [5.74, 6) is -1.73. The molecule has 0 saturated heterocycles. The molecule has 1 aromatic rings. The number of benzene rings is 1. The van der Waals surface area contributed by atoms with Gasteiger partial charge in [0.25, 0.3) is 0 Å². The first-order chi connectivity index (χ1) is 6.69. The Kier molecular flexibility index (Phi) is 3.59. The molecule has 0 amide bonds. The quantitative estimate of drug-likeness (QED) is 0.764. The van der Waals surface area contributed by atoms with E-state index in [4.69, 9.17) is 10.8 Å². The van der Waals surface area contributed by atoms with Gasteiger partial charge in [0.1, 0.15) is 6.67 Å². The molecule has 1 atom stereocenters. The Hall–Kier alpha value is -1.42. The van der Waals surface area contributed by atoms with Gasteiger partial charge >= 0.3 is 5.97 Å². The fourth-order valence-electron chi connectivity index (χ4n) is 1.27. The molecule has 4 heteroatoms. The van der Waals surface area contributed by atoms with Crippen LogP contribution in [-0.4, -0.2) is 17.6 Å². The molecule has 0 aliphatic heterocycles. The maximum atomic E-state index is 12.3. The molecular weight excluding hydrogens is 185 g/mol. The normalized spacial score (nSPS) is 12.4. The molecule has 3 nitrogen and oxygen atoms in total. The maximum Gasteiger partial charge on any atom is 0.312 e. The zero-order valence-electron chi connectivity index (χ0n) is 7.61. The van der Waals surface area contributed by atoms with E-state index in [-0.39, 0.29) is 6.54 Å². The molecule has 1 rings (SSSR count). The second kappa shape index (κ2) is 4.72. The van der Waals surface area contributed by atoms with Gasteiger partial charge in [-0.1, -0.05) is 24.3 Å². The van der Waals surface area contributed by atoms with Crippen molar-refractivity contribution in [3.05, 3.63) is 35.4 Å². The lowest BCUT2D eigenvalue weighted by Gasteiger charge is -2.10. The van der Waals surface area contributed by atoms with E-state index in [1.165, 1.54) is 6.07 Å². The van der Waals surface area contributed by atoms with E-state index in [0.717, 1.165) is 0 Å². The highest BCUT2D eigenvalue weighted by atomic mass is 19.1. The van der Waals surface area contributed by atoms with E-state index in [2.05, 4.69) is 0 Å². The molecule has 0 aliphatic rings. The number of hydrogen-bond acceptors (Lipinski definition) is 2. The van der Waals surface area contributed by atoms with Gasteiger partial charge in [-0.3, -0.25) is 4.79 Å². The van der Waals surface area contributed by atoms with Crippen molar-refractivity contribution in [2.75, 3.05) is 6.54 Å². The van der Waals surface area contributed by atoms with Gasteiger partial charge < -0.3 is 10.8 Å². The van der Waals surface area contributed by atoms with Gasteiger partial charge in [0.15, 0.2) is 0 Å². The van der Waals surface area contributed by atoms with Crippen LogP contribution in [0.1, 0.15) is 17.0 Å². The summed E-state index contributed by atoms with van der Waals surface area (Å²) in [6.45, 7) is -0.574.